The van der Waals surface area contributed by atoms with Crippen LogP contribution in [0, 0.1) is 0 Å². The molecule has 1 aliphatic rings. The van der Waals surface area contributed by atoms with Gasteiger partial charge in [0.1, 0.15) is 5.75 Å². The Hall–Kier alpha value is -3.32. The maximum atomic E-state index is 7.01. The average molecular weight is 376 g/mol. The van der Waals surface area contributed by atoms with E-state index in [4.69, 9.17) is 4.74 Å². The summed E-state index contributed by atoms with van der Waals surface area (Å²) >= 11 is 0. The first-order chi connectivity index (χ1) is 14.2. The summed E-state index contributed by atoms with van der Waals surface area (Å²) in [4.78, 5) is 0. The Kier molecular flexibility index (Phi) is 4.24. The number of rotatable bonds is 3. The van der Waals surface area contributed by atoms with Crippen LogP contribution in [0.3, 0.4) is 0 Å². The van der Waals surface area contributed by atoms with Crippen molar-refractivity contribution in [2.75, 3.05) is 0 Å². The molecule has 1 heterocycles. The molecule has 0 aliphatic carbocycles. The topological polar surface area (TPSA) is 9.23 Å². The van der Waals surface area contributed by atoms with Crippen LogP contribution in [-0.4, -0.2) is 0 Å². The van der Waals surface area contributed by atoms with Crippen LogP contribution in [-0.2, 0) is 5.60 Å². The predicted octanol–water partition coefficient (Wildman–Crippen LogP) is 7.31. The molecule has 0 N–H and O–H groups in total. The van der Waals surface area contributed by atoms with E-state index in [2.05, 4.69) is 117 Å². The van der Waals surface area contributed by atoms with Crippen LogP contribution in [0.25, 0.3) is 16.8 Å². The van der Waals surface area contributed by atoms with Gasteiger partial charge in [0.2, 0.25) is 0 Å². The molecule has 1 heteroatoms. The minimum atomic E-state index is -0.645. The van der Waals surface area contributed by atoms with Gasteiger partial charge in [0.15, 0.2) is 5.60 Å². The molecule has 0 saturated heterocycles. The highest BCUT2D eigenvalue weighted by molar-refractivity contribution is 5.94. The maximum Gasteiger partial charge on any atom is 0.178 e. The molecule has 0 radical (unpaired) electrons. The Morgan fingerprint density at radius 1 is 0.724 bits per heavy atom. The monoisotopic (exact) mass is 376 g/mol. The highest BCUT2D eigenvalue weighted by Gasteiger charge is 2.38. The molecule has 0 bridgehead atoms. The lowest BCUT2D eigenvalue weighted by atomic mass is 9.82. The molecule has 142 valence electrons. The number of ether oxygens (including phenoxy) is 1. The van der Waals surface area contributed by atoms with E-state index in [1.807, 2.05) is 0 Å². The van der Waals surface area contributed by atoms with E-state index in [0.717, 1.165) is 22.3 Å². The SMILES string of the molecule is CC(C)c1cc2ccccc2c2c1C=CC(c1ccccc1)(c1ccccc1)O2. The Morgan fingerprint density at radius 2 is 1.31 bits per heavy atom. The lowest BCUT2D eigenvalue weighted by Gasteiger charge is -2.37. The molecule has 0 atom stereocenters. The third kappa shape index (κ3) is 2.86. The maximum absolute atomic E-state index is 7.01. The number of hydrogen-bond acceptors (Lipinski definition) is 1. The van der Waals surface area contributed by atoms with Crippen molar-refractivity contribution in [3.63, 3.8) is 0 Å². The summed E-state index contributed by atoms with van der Waals surface area (Å²) in [5.74, 6) is 1.39. The van der Waals surface area contributed by atoms with Gasteiger partial charge in [-0.15, -0.1) is 0 Å². The lowest BCUT2D eigenvalue weighted by Crippen LogP contribution is -2.34. The van der Waals surface area contributed by atoms with E-state index < -0.39 is 5.60 Å². The quantitative estimate of drug-likeness (QED) is 0.364. The minimum Gasteiger partial charge on any atom is -0.472 e. The molecule has 0 aromatic heterocycles. The molecular formula is C28H24O. The first-order valence-electron chi connectivity index (χ1n) is 10.2. The van der Waals surface area contributed by atoms with E-state index in [-0.39, 0.29) is 0 Å². The smallest absolute Gasteiger partial charge is 0.178 e. The van der Waals surface area contributed by atoms with Crippen molar-refractivity contribution < 1.29 is 4.74 Å². The van der Waals surface area contributed by atoms with Crippen molar-refractivity contribution >= 4 is 16.8 Å². The Bertz CT molecular complexity index is 1150. The van der Waals surface area contributed by atoms with Crippen LogP contribution < -0.4 is 4.74 Å². The van der Waals surface area contributed by atoms with Crippen molar-refractivity contribution in [2.24, 2.45) is 0 Å². The molecule has 4 aromatic carbocycles. The van der Waals surface area contributed by atoms with Gasteiger partial charge >= 0.3 is 0 Å². The summed E-state index contributed by atoms with van der Waals surface area (Å²) < 4.78 is 7.01. The van der Waals surface area contributed by atoms with Gasteiger partial charge in [-0.2, -0.15) is 0 Å². The molecule has 0 spiro atoms. The second kappa shape index (κ2) is 6.93. The molecule has 4 aromatic rings. The van der Waals surface area contributed by atoms with Crippen LogP contribution in [0.5, 0.6) is 5.75 Å². The Balaban J connectivity index is 1.81. The van der Waals surface area contributed by atoms with E-state index in [0.29, 0.717) is 5.92 Å². The van der Waals surface area contributed by atoms with E-state index in [9.17, 15) is 0 Å². The van der Waals surface area contributed by atoms with Gasteiger partial charge in [-0.1, -0.05) is 111 Å². The second-order valence-corrected chi connectivity index (χ2v) is 7.99. The van der Waals surface area contributed by atoms with Gasteiger partial charge < -0.3 is 4.74 Å². The highest BCUT2D eigenvalue weighted by Crippen LogP contribution is 2.47. The van der Waals surface area contributed by atoms with Crippen molar-refractivity contribution in [2.45, 2.75) is 25.4 Å². The number of fused-ring (bicyclic) bond motifs is 3. The predicted molar refractivity (Wildman–Crippen MR) is 121 cm³/mol. The van der Waals surface area contributed by atoms with Crippen molar-refractivity contribution in [3.05, 3.63) is 119 Å². The van der Waals surface area contributed by atoms with Crippen LogP contribution >= 0.6 is 0 Å². The first kappa shape index (κ1) is 17.8. The lowest BCUT2D eigenvalue weighted by molar-refractivity contribution is 0.163. The van der Waals surface area contributed by atoms with Gasteiger partial charge in [-0.3, -0.25) is 0 Å². The van der Waals surface area contributed by atoms with Crippen LogP contribution in [0.2, 0.25) is 0 Å². The van der Waals surface area contributed by atoms with Crippen LogP contribution in [0.1, 0.15) is 42.0 Å². The normalized spacial score (nSPS) is 14.6. The van der Waals surface area contributed by atoms with E-state index in [1.165, 1.54) is 16.5 Å². The molecule has 1 nitrogen and oxygen atoms in total. The summed E-state index contributed by atoms with van der Waals surface area (Å²) in [5.41, 5.74) is 4.14. The summed E-state index contributed by atoms with van der Waals surface area (Å²) in [6.07, 6.45) is 4.49. The Labute approximate surface area is 172 Å². The van der Waals surface area contributed by atoms with Crippen molar-refractivity contribution in [1.29, 1.82) is 0 Å². The molecule has 0 saturated carbocycles. The largest absolute Gasteiger partial charge is 0.472 e. The standard InChI is InChI=1S/C28H24O/c1-20(2)26-19-21-11-9-10-16-24(21)27-25(26)17-18-28(29-27,22-12-5-3-6-13-22)23-14-7-4-8-15-23/h3-20H,1-2H3. The second-order valence-electron chi connectivity index (χ2n) is 7.99. The molecule has 0 unspecified atom stereocenters. The number of benzene rings is 4. The highest BCUT2D eigenvalue weighted by atomic mass is 16.5. The number of hydrogen-bond donors (Lipinski definition) is 0. The fraction of sp³-hybridized carbons (Fsp3) is 0.143. The zero-order valence-electron chi connectivity index (χ0n) is 16.8. The zero-order chi connectivity index (χ0) is 19.8. The van der Waals surface area contributed by atoms with Crippen molar-refractivity contribution in [3.8, 4) is 5.75 Å². The van der Waals surface area contributed by atoms with Crippen LogP contribution in [0.4, 0.5) is 0 Å². The van der Waals surface area contributed by atoms with Gasteiger partial charge in [0, 0.05) is 22.1 Å². The van der Waals surface area contributed by atoms with Crippen LogP contribution in [0.15, 0.2) is 97.1 Å². The summed E-state index contributed by atoms with van der Waals surface area (Å²) in [5, 5.41) is 2.38. The van der Waals surface area contributed by atoms with E-state index in [1.54, 1.807) is 0 Å². The summed E-state index contributed by atoms with van der Waals surface area (Å²) in [6, 6.07) is 31.9. The summed E-state index contributed by atoms with van der Waals surface area (Å²) in [7, 11) is 0. The third-order valence-corrected chi connectivity index (χ3v) is 5.85. The van der Waals surface area contributed by atoms with Gasteiger partial charge in [-0.25, -0.2) is 0 Å². The molecule has 0 fully saturated rings. The zero-order valence-corrected chi connectivity index (χ0v) is 16.8. The fourth-order valence-corrected chi connectivity index (χ4v) is 4.35. The fourth-order valence-electron chi connectivity index (χ4n) is 4.35. The van der Waals surface area contributed by atoms with Crippen molar-refractivity contribution in [1.82, 2.24) is 0 Å². The first-order valence-corrected chi connectivity index (χ1v) is 10.2. The van der Waals surface area contributed by atoms with Gasteiger partial charge in [0.25, 0.3) is 0 Å². The van der Waals surface area contributed by atoms with E-state index >= 15 is 0 Å². The van der Waals surface area contributed by atoms with Gasteiger partial charge in [0.05, 0.1) is 0 Å². The summed E-state index contributed by atoms with van der Waals surface area (Å²) in [6.45, 7) is 4.49. The molecule has 1 aliphatic heterocycles. The third-order valence-electron chi connectivity index (χ3n) is 5.85. The molecule has 0 amide bonds. The minimum absolute atomic E-state index is 0.419. The van der Waals surface area contributed by atoms with Gasteiger partial charge in [-0.05, 0) is 22.9 Å². The molecule has 5 rings (SSSR count). The average Bonchev–Trinajstić information content (AvgIpc) is 2.79. The molecular weight excluding hydrogens is 352 g/mol. The Morgan fingerprint density at radius 3 is 1.93 bits per heavy atom. The molecule has 29 heavy (non-hydrogen) atoms.